The van der Waals surface area contributed by atoms with Gasteiger partial charge in [0.2, 0.25) is 5.91 Å². The summed E-state index contributed by atoms with van der Waals surface area (Å²) in [6.07, 6.45) is 3.72. The number of carbonyl (C=O) groups is 1. The van der Waals surface area contributed by atoms with E-state index in [0.29, 0.717) is 29.0 Å². The van der Waals surface area contributed by atoms with Crippen LogP contribution in [0.25, 0.3) is 0 Å². The first kappa shape index (κ1) is 17.4. The zero-order chi connectivity index (χ0) is 16.8. The number of anilines is 1. The zero-order valence-corrected chi connectivity index (χ0v) is 14.6. The Bertz CT molecular complexity index is 650. The summed E-state index contributed by atoms with van der Waals surface area (Å²) in [6.45, 7) is 4.44. The number of nitrogens with zero attached hydrogens (tertiary/aromatic N) is 4. The van der Waals surface area contributed by atoms with E-state index in [-0.39, 0.29) is 5.91 Å². The van der Waals surface area contributed by atoms with Gasteiger partial charge in [-0.1, -0.05) is 23.4 Å². The molecule has 0 spiro atoms. The van der Waals surface area contributed by atoms with Gasteiger partial charge in [0.05, 0.1) is 11.4 Å². The van der Waals surface area contributed by atoms with Crippen molar-refractivity contribution in [2.45, 2.75) is 6.92 Å². The molecule has 8 heteroatoms. The van der Waals surface area contributed by atoms with Gasteiger partial charge in [-0.05, 0) is 24.5 Å². The second kappa shape index (κ2) is 8.09. The molecule has 1 aromatic carbocycles. The molecule has 122 valence electrons. The van der Waals surface area contributed by atoms with Crippen molar-refractivity contribution in [3.8, 4) is 6.19 Å². The number of nitriles is 1. The molecule has 1 amide bonds. The Kier molecular flexibility index (Phi) is 6.13. The summed E-state index contributed by atoms with van der Waals surface area (Å²) in [4.78, 5) is 19.9. The number of amidine groups is 1. The number of hydrogen-bond donors (Lipinski definition) is 1. The van der Waals surface area contributed by atoms with Crippen molar-refractivity contribution in [2.24, 2.45) is 4.99 Å². The van der Waals surface area contributed by atoms with Crippen LogP contribution in [0.1, 0.15) is 6.92 Å². The van der Waals surface area contributed by atoms with Gasteiger partial charge in [-0.2, -0.15) is 5.26 Å². The fourth-order valence-electron chi connectivity index (χ4n) is 2.40. The fourth-order valence-corrected chi connectivity index (χ4v) is 2.90. The lowest BCUT2D eigenvalue weighted by Gasteiger charge is -2.36. The zero-order valence-electron chi connectivity index (χ0n) is 13.0. The van der Waals surface area contributed by atoms with Gasteiger partial charge >= 0.3 is 0 Å². The maximum Gasteiger partial charge on any atom is 0.219 e. The van der Waals surface area contributed by atoms with Gasteiger partial charge in [-0.3, -0.25) is 10.1 Å². The first-order valence-corrected chi connectivity index (χ1v) is 8.73. The molecule has 1 aliphatic rings. The first-order chi connectivity index (χ1) is 11.0. The molecule has 0 unspecified atom stereocenters. The minimum Gasteiger partial charge on any atom is -0.366 e. The highest BCUT2D eigenvalue weighted by Crippen LogP contribution is 2.33. The molecule has 1 aromatic rings. The van der Waals surface area contributed by atoms with E-state index in [1.54, 1.807) is 13.0 Å². The number of amides is 1. The monoisotopic (exact) mass is 351 g/mol. The summed E-state index contributed by atoms with van der Waals surface area (Å²) in [5.74, 6) is 0.0990. The molecular formula is C15H18ClN5OS. The maximum absolute atomic E-state index is 11.4. The molecule has 0 atom stereocenters. The summed E-state index contributed by atoms with van der Waals surface area (Å²) >= 11 is 7.45. The third-order valence-electron chi connectivity index (χ3n) is 3.58. The molecule has 0 aromatic heterocycles. The van der Waals surface area contributed by atoms with E-state index < -0.39 is 0 Å². The van der Waals surface area contributed by atoms with Crippen LogP contribution in [-0.4, -0.2) is 48.4 Å². The molecule has 1 aliphatic heterocycles. The van der Waals surface area contributed by atoms with Crippen LogP contribution < -0.4 is 10.2 Å². The Morgan fingerprint density at radius 1 is 1.39 bits per heavy atom. The number of carbonyl (C=O) groups excluding carboxylic acids is 1. The van der Waals surface area contributed by atoms with Crippen LogP contribution in [-0.2, 0) is 4.79 Å². The molecule has 1 saturated heterocycles. The van der Waals surface area contributed by atoms with Crippen molar-refractivity contribution in [1.29, 1.82) is 5.26 Å². The van der Waals surface area contributed by atoms with E-state index >= 15 is 0 Å². The minimum atomic E-state index is 0.0990. The van der Waals surface area contributed by atoms with Crippen molar-refractivity contribution >= 4 is 45.8 Å². The van der Waals surface area contributed by atoms with E-state index in [9.17, 15) is 4.79 Å². The number of rotatable bonds is 2. The molecule has 6 nitrogen and oxygen atoms in total. The molecule has 1 heterocycles. The maximum atomic E-state index is 11.4. The Balaban J connectivity index is 2.26. The number of nitrogens with one attached hydrogen (secondary N) is 1. The quantitative estimate of drug-likeness (QED) is 0.383. The SMILES string of the molecule is CSC(=Nc1cc(Cl)ccc1N1CCN(C(C)=O)CC1)NC#N. The van der Waals surface area contributed by atoms with Crippen LogP contribution in [0.4, 0.5) is 11.4 Å². The van der Waals surface area contributed by atoms with Gasteiger partial charge in [0.15, 0.2) is 11.4 Å². The molecule has 0 radical (unpaired) electrons. The lowest BCUT2D eigenvalue weighted by atomic mass is 10.2. The molecule has 23 heavy (non-hydrogen) atoms. The summed E-state index contributed by atoms with van der Waals surface area (Å²) in [6, 6.07) is 5.53. The van der Waals surface area contributed by atoms with Crippen molar-refractivity contribution in [1.82, 2.24) is 10.2 Å². The summed E-state index contributed by atoms with van der Waals surface area (Å²) in [5.41, 5.74) is 1.66. The molecule has 1 fully saturated rings. The molecular weight excluding hydrogens is 334 g/mol. The third-order valence-corrected chi connectivity index (χ3v) is 4.40. The lowest BCUT2D eigenvalue weighted by Crippen LogP contribution is -2.48. The van der Waals surface area contributed by atoms with Crippen LogP contribution in [0.15, 0.2) is 23.2 Å². The van der Waals surface area contributed by atoms with E-state index in [1.165, 1.54) is 11.8 Å². The van der Waals surface area contributed by atoms with Crippen LogP contribution in [0.5, 0.6) is 0 Å². The van der Waals surface area contributed by atoms with Gasteiger partial charge in [0, 0.05) is 38.1 Å². The van der Waals surface area contributed by atoms with Crippen molar-refractivity contribution < 1.29 is 4.79 Å². The van der Waals surface area contributed by atoms with E-state index in [2.05, 4.69) is 15.2 Å². The Morgan fingerprint density at radius 3 is 2.65 bits per heavy atom. The topological polar surface area (TPSA) is 71.7 Å². The number of benzene rings is 1. The van der Waals surface area contributed by atoms with Gasteiger partial charge < -0.3 is 9.80 Å². The molecule has 0 bridgehead atoms. The van der Waals surface area contributed by atoms with Crippen LogP contribution >= 0.6 is 23.4 Å². The second-order valence-corrected chi connectivity index (χ2v) is 6.22. The van der Waals surface area contributed by atoms with Crippen molar-refractivity contribution in [3.63, 3.8) is 0 Å². The highest BCUT2D eigenvalue weighted by atomic mass is 35.5. The smallest absolute Gasteiger partial charge is 0.219 e. The third kappa shape index (κ3) is 4.53. The number of thioether (sulfide) groups is 1. The Hall–Kier alpha value is -1.91. The summed E-state index contributed by atoms with van der Waals surface area (Å²) < 4.78 is 0. The highest BCUT2D eigenvalue weighted by Gasteiger charge is 2.20. The lowest BCUT2D eigenvalue weighted by molar-refractivity contribution is -0.129. The van der Waals surface area contributed by atoms with E-state index in [0.717, 1.165) is 18.8 Å². The normalized spacial score (nSPS) is 15.3. The minimum absolute atomic E-state index is 0.0990. The average molecular weight is 352 g/mol. The predicted molar refractivity (Wildman–Crippen MR) is 95.3 cm³/mol. The van der Waals surface area contributed by atoms with Crippen LogP contribution in [0.2, 0.25) is 5.02 Å². The largest absolute Gasteiger partial charge is 0.366 e. The standard InChI is InChI=1S/C15H18ClN5OS/c1-11(22)20-5-7-21(8-6-20)14-4-3-12(16)9-13(14)19-15(23-2)18-10-17/h3-4,9H,5-8H2,1-2H3,(H,18,19). The van der Waals surface area contributed by atoms with Crippen LogP contribution in [0.3, 0.4) is 0 Å². The second-order valence-electron chi connectivity index (χ2n) is 4.98. The summed E-state index contributed by atoms with van der Waals surface area (Å²) in [5, 5.41) is 12.4. The number of hydrogen-bond acceptors (Lipinski definition) is 5. The predicted octanol–water partition coefficient (Wildman–Crippen LogP) is 2.43. The van der Waals surface area contributed by atoms with E-state index in [1.807, 2.05) is 29.5 Å². The molecule has 0 aliphatic carbocycles. The number of halogens is 1. The summed E-state index contributed by atoms with van der Waals surface area (Å²) in [7, 11) is 0. The molecule has 2 rings (SSSR count). The van der Waals surface area contributed by atoms with Crippen molar-refractivity contribution in [2.75, 3.05) is 37.3 Å². The number of piperazine rings is 1. The Labute approximate surface area is 145 Å². The highest BCUT2D eigenvalue weighted by molar-refractivity contribution is 8.13. The molecule has 1 N–H and O–H groups in total. The fraction of sp³-hybridized carbons (Fsp3) is 0.400. The number of aliphatic imine (C=N–C) groups is 1. The van der Waals surface area contributed by atoms with Gasteiger partial charge in [0.1, 0.15) is 0 Å². The van der Waals surface area contributed by atoms with Crippen molar-refractivity contribution in [3.05, 3.63) is 23.2 Å². The average Bonchev–Trinajstić information content (AvgIpc) is 2.54. The van der Waals surface area contributed by atoms with Gasteiger partial charge in [0.25, 0.3) is 0 Å². The van der Waals surface area contributed by atoms with Crippen LogP contribution in [0, 0.1) is 11.5 Å². The van der Waals surface area contributed by atoms with E-state index in [4.69, 9.17) is 16.9 Å². The van der Waals surface area contributed by atoms with Gasteiger partial charge in [-0.15, -0.1) is 0 Å². The Morgan fingerprint density at radius 2 is 2.09 bits per heavy atom. The first-order valence-electron chi connectivity index (χ1n) is 7.13. The van der Waals surface area contributed by atoms with Gasteiger partial charge in [-0.25, -0.2) is 4.99 Å². The molecule has 0 saturated carbocycles.